The van der Waals surface area contributed by atoms with Gasteiger partial charge in [0.1, 0.15) is 17.8 Å². The second-order valence-corrected chi connectivity index (χ2v) is 17.0. The lowest BCUT2D eigenvalue weighted by Gasteiger charge is -2.48. The Kier molecular flexibility index (Phi) is 12.4. The molecule has 0 aromatic heterocycles. The van der Waals surface area contributed by atoms with Gasteiger partial charge in [-0.3, -0.25) is 4.79 Å². The molecule has 5 N–H and O–H groups in total. The van der Waals surface area contributed by atoms with E-state index in [-0.39, 0.29) is 29.4 Å². The SMILES string of the molecule is NCCC1=CC(C(C=O)CCCCCC2CC=CCC(C(=O)O)C3(CCC4C=c5ccccc5=C(O)C4C3)c3cccc(c3)CC2c2ccc(O)cc2)CC1. The first kappa shape index (κ1) is 38.8. The second-order valence-electron chi connectivity index (χ2n) is 17.0. The normalized spacial score (nSPS) is 28.2. The van der Waals surface area contributed by atoms with Crippen molar-refractivity contribution in [1.29, 1.82) is 0 Å². The van der Waals surface area contributed by atoms with Gasteiger partial charge < -0.3 is 25.8 Å². The number of rotatable bonds is 12. The number of hydrogen-bond donors (Lipinski definition) is 4. The average molecular weight is 742 g/mol. The number of aldehydes is 1. The van der Waals surface area contributed by atoms with Crippen molar-refractivity contribution in [1.82, 2.24) is 0 Å². The van der Waals surface area contributed by atoms with Gasteiger partial charge in [0, 0.05) is 22.5 Å². The molecular formula is C49H59NO5. The molecule has 3 aromatic rings. The van der Waals surface area contributed by atoms with Crippen molar-refractivity contribution in [2.24, 2.45) is 41.2 Å². The molecule has 0 amide bonds. The van der Waals surface area contributed by atoms with Crippen molar-refractivity contribution in [3.63, 3.8) is 0 Å². The van der Waals surface area contributed by atoms with Crippen LogP contribution in [0.25, 0.3) is 11.8 Å². The van der Waals surface area contributed by atoms with E-state index in [1.807, 2.05) is 18.2 Å². The largest absolute Gasteiger partial charge is 0.511 e. The van der Waals surface area contributed by atoms with Gasteiger partial charge in [-0.25, -0.2) is 0 Å². The fourth-order valence-corrected chi connectivity index (χ4v) is 10.8. The highest BCUT2D eigenvalue weighted by atomic mass is 16.4. The Labute approximate surface area is 326 Å². The molecule has 4 aliphatic carbocycles. The zero-order chi connectivity index (χ0) is 38.4. The summed E-state index contributed by atoms with van der Waals surface area (Å²) in [7, 11) is 0. The van der Waals surface area contributed by atoms with Crippen LogP contribution in [0.4, 0.5) is 0 Å². The molecule has 7 rings (SSSR count). The molecule has 0 heterocycles. The Balaban J connectivity index is 1.14. The van der Waals surface area contributed by atoms with E-state index in [1.165, 1.54) is 23.0 Å². The predicted octanol–water partition coefficient (Wildman–Crippen LogP) is 8.65. The van der Waals surface area contributed by atoms with Crippen LogP contribution >= 0.6 is 0 Å². The van der Waals surface area contributed by atoms with Gasteiger partial charge in [-0.15, -0.1) is 0 Å². The summed E-state index contributed by atoms with van der Waals surface area (Å²) in [4.78, 5) is 25.5. The van der Waals surface area contributed by atoms with Crippen LogP contribution in [0.3, 0.4) is 0 Å². The Morgan fingerprint density at radius 3 is 2.53 bits per heavy atom. The first-order valence-electron chi connectivity index (χ1n) is 20.9. The first-order chi connectivity index (χ1) is 26.8. The number of benzene rings is 3. The van der Waals surface area contributed by atoms with E-state index >= 15 is 0 Å². The van der Waals surface area contributed by atoms with Gasteiger partial charge >= 0.3 is 5.97 Å². The maximum Gasteiger partial charge on any atom is 0.307 e. The summed E-state index contributed by atoms with van der Waals surface area (Å²) in [6.45, 7) is 0.665. The third-order valence-corrected chi connectivity index (χ3v) is 13.8. The summed E-state index contributed by atoms with van der Waals surface area (Å²) in [6, 6.07) is 24.4. The van der Waals surface area contributed by atoms with Crippen molar-refractivity contribution in [3.8, 4) is 5.75 Å². The molecule has 0 radical (unpaired) electrons. The fraction of sp³-hybridized carbons (Fsp3) is 0.469. The van der Waals surface area contributed by atoms with Crippen molar-refractivity contribution in [3.05, 3.63) is 124 Å². The number of hydrogen-bond acceptors (Lipinski definition) is 5. The lowest BCUT2D eigenvalue weighted by Crippen LogP contribution is -2.48. The quantitative estimate of drug-likeness (QED) is 0.0838. The number of phenols is 1. The predicted molar refractivity (Wildman–Crippen MR) is 220 cm³/mol. The molecule has 290 valence electrons. The number of nitrogens with two attached hydrogens (primary N) is 1. The lowest BCUT2D eigenvalue weighted by molar-refractivity contribution is -0.145. The molecule has 8 atom stereocenters. The monoisotopic (exact) mass is 741 g/mol. The molecule has 1 saturated carbocycles. The minimum atomic E-state index is -0.777. The number of unbranched alkanes of at least 4 members (excludes halogenated alkanes) is 2. The van der Waals surface area contributed by atoms with Crippen LogP contribution in [-0.2, 0) is 21.4 Å². The van der Waals surface area contributed by atoms with Crippen LogP contribution in [-0.4, -0.2) is 34.1 Å². The van der Waals surface area contributed by atoms with Crippen molar-refractivity contribution in [2.45, 2.75) is 101 Å². The van der Waals surface area contributed by atoms with E-state index in [4.69, 9.17) is 5.73 Å². The van der Waals surface area contributed by atoms with Crippen LogP contribution < -0.4 is 16.2 Å². The second kappa shape index (κ2) is 17.6. The molecule has 6 nitrogen and oxygen atoms in total. The topological polar surface area (TPSA) is 121 Å². The van der Waals surface area contributed by atoms with Crippen LogP contribution in [0.2, 0.25) is 0 Å². The van der Waals surface area contributed by atoms with Gasteiger partial charge in [-0.05, 0) is 135 Å². The van der Waals surface area contributed by atoms with Crippen LogP contribution in [0.5, 0.6) is 5.75 Å². The van der Waals surface area contributed by atoms with E-state index in [2.05, 4.69) is 66.8 Å². The summed E-state index contributed by atoms with van der Waals surface area (Å²) >= 11 is 0. The number of fused-ring (bicyclic) bond motifs is 5. The van der Waals surface area contributed by atoms with Gasteiger partial charge in [-0.2, -0.15) is 0 Å². The molecule has 1 fully saturated rings. The molecular weight excluding hydrogens is 683 g/mol. The lowest BCUT2D eigenvalue weighted by atomic mass is 9.55. The van der Waals surface area contributed by atoms with E-state index in [0.717, 1.165) is 93.1 Å². The highest BCUT2D eigenvalue weighted by Gasteiger charge is 2.50. The van der Waals surface area contributed by atoms with Crippen LogP contribution in [0.1, 0.15) is 106 Å². The Morgan fingerprint density at radius 1 is 0.909 bits per heavy atom. The number of carboxylic acid groups (broad SMARTS) is 1. The minimum absolute atomic E-state index is 0.0750. The van der Waals surface area contributed by atoms with Gasteiger partial charge in [0.2, 0.25) is 0 Å². The zero-order valence-corrected chi connectivity index (χ0v) is 32.2. The molecule has 1 spiro atoms. The maximum absolute atomic E-state index is 13.3. The number of aliphatic hydroxyl groups is 1. The van der Waals surface area contributed by atoms with Gasteiger partial charge in [0.25, 0.3) is 0 Å². The number of carbonyl (C=O) groups is 2. The third kappa shape index (κ3) is 8.55. The van der Waals surface area contributed by atoms with E-state index < -0.39 is 17.3 Å². The molecule has 4 aliphatic rings. The first-order valence-corrected chi connectivity index (χ1v) is 20.9. The molecule has 6 heteroatoms. The van der Waals surface area contributed by atoms with Crippen LogP contribution in [0.15, 0.2) is 96.6 Å². The number of carbonyl (C=O) groups excluding carboxylic acids is 1. The number of aliphatic carboxylic acids is 1. The number of phenolic OH excluding ortho intramolecular Hbond substituents is 1. The zero-order valence-electron chi connectivity index (χ0n) is 32.2. The summed E-state index contributed by atoms with van der Waals surface area (Å²) < 4.78 is 0. The van der Waals surface area contributed by atoms with E-state index in [1.54, 1.807) is 12.1 Å². The molecule has 8 unspecified atom stereocenters. The fourth-order valence-electron chi connectivity index (χ4n) is 10.8. The van der Waals surface area contributed by atoms with Gasteiger partial charge in [0.15, 0.2) is 0 Å². The Morgan fingerprint density at radius 2 is 1.73 bits per heavy atom. The van der Waals surface area contributed by atoms with Gasteiger partial charge in [0.05, 0.1) is 5.92 Å². The third-order valence-electron chi connectivity index (χ3n) is 13.8. The highest BCUT2D eigenvalue weighted by Crippen LogP contribution is 2.53. The average Bonchev–Trinajstić information content (AvgIpc) is 3.66. The molecule has 3 aromatic carbocycles. The van der Waals surface area contributed by atoms with Crippen molar-refractivity contribution in [2.75, 3.05) is 6.54 Å². The Hall–Kier alpha value is -4.42. The van der Waals surface area contributed by atoms with Crippen molar-refractivity contribution < 1.29 is 24.9 Å². The minimum Gasteiger partial charge on any atom is -0.511 e. The molecule has 2 bridgehead atoms. The summed E-state index contributed by atoms with van der Waals surface area (Å²) in [5, 5.41) is 34.8. The highest BCUT2D eigenvalue weighted by molar-refractivity contribution is 5.73. The molecule has 0 aliphatic heterocycles. The standard InChI is InChI=1S/C49H59NO5/c50-26-24-33-17-18-37(27-33)40(32-51)13-3-1-2-10-35-11-5-7-16-46(48(54)55)49(25-23-39-30-38-12-4-6-15-43(38)47(53)45(39)31-49)41-14-8-9-34(28-41)29-44(35)36-19-21-42(52)22-20-36/h4-9,12,14-15,19-22,27-28,30,32,35,37,39-40,44-46,52-53H,1-3,10-11,13,16-18,23-26,29,31,50H2,(H,54,55). The molecule has 0 saturated heterocycles. The number of aliphatic hydroxyl groups excluding tert-OH is 1. The Bertz CT molecular complexity index is 2000. The summed E-state index contributed by atoms with van der Waals surface area (Å²) in [5.41, 5.74) is 10.0. The number of aromatic hydroxyl groups is 1. The maximum atomic E-state index is 13.3. The number of carboxylic acids is 1. The summed E-state index contributed by atoms with van der Waals surface area (Å²) in [5.74, 6) is 0.235. The van der Waals surface area contributed by atoms with Gasteiger partial charge in [-0.1, -0.05) is 110 Å². The smallest absolute Gasteiger partial charge is 0.307 e. The number of allylic oxidation sites excluding steroid dienone is 3. The van der Waals surface area contributed by atoms with E-state index in [9.17, 15) is 24.9 Å². The summed E-state index contributed by atoms with van der Waals surface area (Å²) in [6.07, 6.45) is 22.5. The van der Waals surface area contributed by atoms with Crippen LogP contribution in [0, 0.1) is 35.5 Å². The molecule has 55 heavy (non-hydrogen) atoms. The van der Waals surface area contributed by atoms with E-state index in [0.29, 0.717) is 37.0 Å². The van der Waals surface area contributed by atoms with Crippen molar-refractivity contribution >= 4 is 24.1 Å².